The molecule has 1 heterocycles. The van der Waals surface area contributed by atoms with E-state index < -0.39 is 10.8 Å². The van der Waals surface area contributed by atoms with Crippen molar-refractivity contribution in [3.63, 3.8) is 0 Å². The van der Waals surface area contributed by atoms with Crippen LogP contribution in [0, 0.1) is 10.1 Å². The molecule has 142 valence electrons. The molecule has 0 saturated heterocycles. The van der Waals surface area contributed by atoms with E-state index in [9.17, 15) is 14.9 Å². The number of furan rings is 1. The van der Waals surface area contributed by atoms with Gasteiger partial charge in [0.2, 0.25) is 0 Å². The molecule has 0 fully saturated rings. The van der Waals surface area contributed by atoms with Crippen LogP contribution in [-0.4, -0.2) is 10.8 Å². The Kier molecular flexibility index (Phi) is 3.91. The van der Waals surface area contributed by atoms with Crippen molar-refractivity contribution in [1.82, 2.24) is 0 Å². The lowest BCUT2D eigenvalue weighted by Gasteiger charge is -2.09. The van der Waals surface area contributed by atoms with Crippen molar-refractivity contribution in [3.8, 4) is 11.3 Å². The molecule has 3 aromatic carbocycles. The summed E-state index contributed by atoms with van der Waals surface area (Å²) in [6.07, 6.45) is 2.03. The molecule has 0 unspecified atom stereocenters. The molecule has 4 aromatic rings. The van der Waals surface area contributed by atoms with Crippen LogP contribution in [0.2, 0.25) is 0 Å². The van der Waals surface area contributed by atoms with Crippen LogP contribution in [0.4, 0.5) is 11.4 Å². The number of para-hydroxylation sites is 1. The van der Waals surface area contributed by atoms with Crippen LogP contribution in [0.25, 0.3) is 22.1 Å². The molecule has 1 aromatic heterocycles. The molecule has 1 aliphatic rings. The average Bonchev–Trinajstić information content (AvgIpc) is 3.39. The van der Waals surface area contributed by atoms with Gasteiger partial charge in [-0.05, 0) is 53.6 Å². The highest BCUT2D eigenvalue weighted by Gasteiger charge is 2.21. The van der Waals surface area contributed by atoms with Gasteiger partial charge in [0.15, 0.2) is 5.76 Å². The van der Waals surface area contributed by atoms with E-state index in [1.54, 1.807) is 24.3 Å². The summed E-state index contributed by atoms with van der Waals surface area (Å²) in [5, 5.41) is 16.4. The normalized spacial score (nSPS) is 12.3. The fraction of sp³-hybridized carbons (Fsp3) is 0.0870. The second kappa shape index (κ2) is 6.60. The monoisotopic (exact) mass is 384 g/mol. The first kappa shape index (κ1) is 17.2. The number of nitro benzene ring substituents is 1. The molecule has 1 N–H and O–H groups in total. The Morgan fingerprint density at radius 1 is 0.931 bits per heavy atom. The number of carbonyl (C=O) groups excluding carboxylic acids is 1. The number of nitrogens with zero attached hydrogens (tertiary/aromatic N) is 1. The van der Waals surface area contributed by atoms with Crippen molar-refractivity contribution >= 4 is 28.1 Å². The fourth-order valence-corrected chi connectivity index (χ4v) is 3.99. The largest absolute Gasteiger partial charge is 0.451 e. The zero-order valence-electron chi connectivity index (χ0n) is 15.3. The molecule has 6 nitrogen and oxygen atoms in total. The van der Waals surface area contributed by atoms with Gasteiger partial charge in [0, 0.05) is 17.1 Å². The van der Waals surface area contributed by atoms with Crippen LogP contribution < -0.4 is 5.32 Å². The third-order valence-corrected chi connectivity index (χ3v) is 5.32. The van der Waals surface area contributed by atoms with E-state index >= 15 is 0 Å². The number of amides is 1. The standard InChI is InChI=1S/C23H16N2O4/c26-23(21-13-12-20(29-21)17-5-1-2-7-19(17)25(27)28)24-18-11-10-15-9-8-14-4-3-6-16(18)22(14)15/h1-7,10-13H,8-9H2,(H,24,26). The van der Waals surface area contributed by atoms with Crippen LogP contribution in [-0.2, 0) is 12.8 Å². The topological polar surface area (TPSA) is 85.4 Å². The van der Waals surface area contributed by atoms with Gasteiger partial charge in [-0.1, -0.05) is 36.4 Å². The van der Waals surface area contributed by atoms with Crippen molar-refractivity contribution in [2.45, 2.75) is 12.8 Å². The zero-order chi connectivity index (χ0) is 20.0. The van der Waals surface area contributed by atoms with Crippen LogP contribution in [0.5, 0.6) is 0 Å². The number of aryl methyl sites for hydroxylation is 2. The van der Waals surface area contributed by atoms with Crippen LogP contribution in [0.1, 0.15) is 21.7 Å². The summed E-state index contributed by atoms with van der Waals surface area (Å²) in [5.74, 6) is -0.0159. The Morgan fingerprint density at radius 2 is 1.72 bits per heavy atom. The molecule has 0 aliphatic heterocycles. The van der Waals surface area contributed by atoms with Gasteiger partial charge in [0.05, 0.1) is 10.5 Å². The quantitative estimate of drug-likeness (QED) is 0.379. The predicted octanol–water partition coefficient (Wildman–Crippen LogP) is 5.36. The van der Waals surface area contributed by atoms with E-state index in [1.165, 1.54) is 28.6 Å². The minimum atomic E-state index is -0.468. The molecular weight excluding hydrogens is 368 g/mol. The molecule has 0 spiro atoms. The number of rotatable bonds is 4. The second-order valence-corrected chi connectivity index (χ2v) is 7.00. The zero-order valence-corrected chi connectivity index (χ0v) is 15.3. The van der Waals surface area contributed by atoms with Crippen molar-refractivity contribution in [1.29, 1.82) is 0 Å². The number of carbonyl (C=O) groups is 1. The van der Waals surface area contributed by atoms with E-state index in [4.69, 9.17) is 4.42 Å². The maximum absolute atomic E-state index is 12.8. The molecule has 0 atom stereocenters. The first-order valence-electron chi connectivity index (χ1n) is 9.30. The minimum absolute atomic E-state index is 0.0682. The van der Waals surface area contributed by atoms with E-state index in [-0.39, 0.29) is 17.2 Å². The highest BCUT2D eigenvalue weighted by Crippen LogP contribution is 2.35. The van der Waals surface area contributed by atoms with Crippen LogP contribution in [0.15, 0.2) is 71.1 Å². The van der Waals surface area contributed by atoms with E-state index in [0.717, 1.165) is 23.9 Å². The SMILES string of the molecule is O=C(Nc1ccc2c3c(cccc13)CC2)c1ccc(-c2ccccc2[N+](=O)[O-])o1. The molecular formula is C23H16N2O4. The van der Waals surface area contributed by atoms with Gasteiger partial charge in [0.1, 0.15) is 5.76 Å². The smallest absolute Gasteiger partial charge is 0.291 e. The lowest BCUT2D eigenvalue weighted by atomic mass is 10.0. The molecule has 0 saturated carbocycles. The molecule has 29 heavy (non-hydrogen) atoms. The molecule has 1 aliphatic carbocycles. The first-order valence-corrected chi connectivity index (χ1v) is 9.30. The average molecular weight is 384 g/mol. The minimum Gasteiger partial charge on any atom is -0.451 e. The van der Waals surface area contributed by atoms with Crippen molar-refractivity contribution in [2.75, 3.05) is 5.32 Å². The van der Waals surface area contributed by atoms with Gasteiger partial charge in [-0.25, -0.2) is 0 Å². The van der Waals surface area contributed by atoms with Gasteiger partial charge < -0.3 is 9.73 Å². The van der Waals surface area contributed by atoms with Crippen molar-refractivity contribution < 1.29 is 14.1 Å². The van der Waals surface area contributed by atoms with E-state index in [0.29, 0.717) is 5.56 Å². The number of anilines is 1. The first-order chi connectivity index (χ1) is 14.1. The number of hydrogen-bond acceptors (Lipinski definition) is 4. The second-order valence-electron chi connectivity index (χ2n) is 7.00. The molecule has 6 heteroatoms. The molecule has 0 radical (unpaired) electrons. The van der Waals surface area contributed by atoms with Gasteiger partial charge in [-0.15, -0.1) is 0 Å². The fourth-order valence-electron chi connectivity index (χ4n) is 3.99. The van der Waals surface area contributed by atoms with E-state index in [2.05, 4.69) is 17.4 Å². The Bertz CT molecular complexity index is 1280. The van der Waals surface area contributed by atoms with E-state index in [1.807, 2.05) is 18.2 Å². The lowest BCUT2D eigenvalue weighted by molar-refractivity contribution is -0.384. The third kappa shape index (κ3) is 2.86. The maximum atomic E-state index is 12.8. The van der Waals surface area contributed by atoms with Crippen molar-refractivity contribution in [2.24, 2.45) is 0 Å². The number of nitrogens with one attached hydrogen (secondary N) is 1. The summed E-state index contributed by atoms with van der Waals surface area (Å²) in [6, 6.07) is 19.5. The van der Waals surface area contributed by atoms with Gasteiger partial charge >= 0.3 is 0 Å². The highest BCUT2D eigenvalue weighted by molar-refractivity contribution is 6.09. The summed E-state index contributed by atoms with van der Waals surface area (Å²) >= 11 is 0. The molecule has 5 rings (SSSR count). The maximum Gasteiger partial charge on any atom is 0.291 e. The summed E-state index contributed by atoms with van der Waals surface area (Å²) in [5.41, 5.74) is 3.58. The van der Waals surface area contributed by atoms with Crippen LogP contribution in [0.3, 0.4) is 0 Å². The van der Waals surface area contributed by atoms with Gasteiger partial charge in [-0.2, -0.15) is 0 Å². The van der Waals surface area contributed by atoms with Crippen molar-refractivity contribution in [3.05, 3.63) is 93.7 Å². The summed E-state index contributed by atoms with van der Waals surface area (Å²) in [7, 11) is 0. The van der Waals surface area contributed by atoms with Crippen LogP contribution >= 0.6 is 0 Å². The van der Waals surface area contributed by atoms with Gasteiger partial charge in [-0.3, -0.25) is 14.9 Å². The molecule has 0 bridgehead atoms. The highest BCUT2D eigenvalue weighted by atomic mass is 16.6. The Labute approximate surface area is 165 Å². The Hall–Kier alpha value is -3.93. The number of hydrogen-bond donors (Lipinski definition) is 1. The Balaban J connectivity index is 1.47. The Morgan fingerprint density at radius 3 is 2.55 bits per heavy atom. The summed E-state index contributed by atoms with van der Waals surface area (Å²) < 4.78 is 5.65. The lowest BCUT2D eigenvalue weighted by Crippen LogP contribution is -2.11. The molecule has 1 amide bonds. The summed E-state index contributed by atoms with van der Waals surface area (Å²) in [6.45, 7) is 0. The predicted molar refractivity (Wildman–Crippen MR) is 110 cm³/mol. The number of benzene rings is 3. The number of nitro groups is 1. The third-order valence-electron chi connectivity index (χ3n) is 5.32. The van der Waals surface area contributed by atoms with Gasteiger partial charge in [0.25, 0.3) is 11.6 Å². The summed E-state index contributed by atoms with van der Waals surface area (Å²) in [4.78, 5) is 23.5.